The molecular weight excluding hydrogens is 428 g/mol. The van der Waals surface area contributed by atoms with Crippen LogP contribution in [-0.2, 0) is 16.1 Å². The van der Waals surface area contributed by atoms with E-state index in [1.807, 2.05) is 61.5 Å². The molecule has 0 radical (unpaired) electrons. The Hall–Kier alpha value is -1.98. The summed E-state index contributed by atoms with van der Waals surface area (Å²) in [6.07, 6.45) is 6.00. The van der Waals surface area contributed by atoms with Crippen LogP contribution < -0.4 is 5.32 Å². The lowest BCUT2D eigenvalue weighted by molar-refractivity contribution is -0.140. The minimum Gasteiger partial charge on any atom is -0.352 e. The van der Waals surface area contributed by atoms with Crippen molar-refractivity contribution in [1.29, 1.82) is 0 Å². The summed E-state index contributed by atoms with van der Waals surface area (Å²) in [5.41, 5.74) is 1.03. The van der Waals surface area contributed by atoms with Crippen molar-refractivity contribution >= 4 is 35.2 Å². The number of carbonyl (C=O) groups is 2. The van der Waals surface area contributed by atoms with Crippen molar-refractivity contribution < 1.29 is 9.59 Å². The van der Waals surface area contributed by atoms with Gasteiger partial charge in [-0.1, -0.05) is 61.2 Å². The summed E-state index contributed by atoms with van der Waals surface area (Å²) >= 11 is 7.56. The minimum absolute atomic E-state index is 0.00314. The quantitative estimate of drug-likeness (QED) is 0.491. The average molecular weight is 459 g/mol. The van der Waals surface area contributed by atoms with Crippen LogP contribution in [0.4, 0.5) is 0 Å². The predicted molar refractivity (Wildman–Crippen MR) is 128 cm³/mol. The molecule has 0 bridgehead atoms. The SMILES string of the molecule is C[C@@H](C(=O)NC1CCCCC1)N(Cc1ccccc1)C(=O)CCSc1ccc(Cl)cc1. The Morgan fingerprint density at radius 1 is 1.06 bits per heavy atom. The molecule has 2 amide bonds. The molecule has 1 aliphatic rings. The molecule has 0 spiro atoms. The topological polar surface area (TPSA) is 49.4 Å². The molecule has 4 nitrogen and oxygen atoms in total. The third kappa shape index (κ3) is 7.58. The lowest BCUT2D eigenvalue weighted by Gasteiger charge is -2.31. The van der Waals surface area contributed by atoms with Crippen LogP contribution in [0, 0.1) is 0 Å². The molecule has 1 N–H and O–H groups in total. The van der Waals surface area contributed by atoms with Gasteiger partial charge < -0.3 is 10.2 Å². The first-order valence-electron chi connectivity index (χ1n) is 11.0. The van der Waals surface area contributed by atoms with E-state index in [0.29, 0.717) is 23.7 Å². The summed E-state index contributed by atoms with van der Waals surface area (Å²) in [5, 5.41) is 3.88. The Labute approximate surface area is 194 Å². The van der Waals surface area contributed by atoms with Crippen LogP contribution in [0.3, 0.4) is 0 Å². The zero-order valence-corrected chi connectivity index (χ0v) is 19.6. The number of nitrogens with zero attached hydrogens (tertiary/aromatic N) is 1. The summed E-state index contributed by atoms with van der Waals surface area (Å²) in [5.74, 6) is 0.598. The van der Waals surface area contributed by atoms with Crippen LogP contribution in [0.1, 0.15) is 51.0 Å². The van der Waals surface area contributed by atoms with Gasteiger partial charge in [0.15, 0.2) is 0 Å². The summed E-state index contributed by atoms with van der Waals surface area (Å²) in [6.45, 7) is 2.27. The molecule has 0 aliphatic heterocycles. The average Bonchev–Trinajstić information content (AvgIpc) is 2.79. The van der Waals surface area contributed by atoms with E-state index in [4.69, 9.17) is 11.6 Å². The highest BCUT2D eigenvalue weighted by molar-refractivity contribution is 7.99. The Balaban J connectivity index is 1.61. The van der Waals surface area contributed by atoms with E-state index in [-0.39, 0.29) is 17.9 Å². The maximum atomic E-state index is 13.1. The van der Waals surface area contributed by atoms with Crippen molar-refractivity contribution in [1.82, 2.24) is 10.2 Å². The van der Waals surface area contributed by atoms with Crippen molar-refractivity contribution in [2.75, 3.05) is 5.75 Å². The molecule has 0 saturated heterocycles. The Morgan fingerprint density at radius 3 is 2.42 bits per heavy atom. The third-order valence-corrected chi connectivity index (χ3v) is 6.98. The smallest absolute Gasteiger partial charge is 0.242 e. The molecule has 6 heteroatoms. The fourth-order valence-electron chi connectivity index (χ4n) is 3.86. The lowest BCUT2D eigenvalue weighted by atomic mass is 9.95. The predicted octanol–water partition coefficient (Wildman–Crippen LogP) is 5.69. The molecule has 31 heavy (non-hydrogen) atoms. The number of thioether (sulfide) groups is 1. The van der Waals surface area contributed by atoms with Crippen LogP contribution >= 0.6 is 23.4 Å². The second kappa shape index (κ2) is 12.2. The maximum Gasteiger partial charge on any atom is 0.242 e. The van der Waals surface area contributed by atoms with E-state index >= 15 is 0 Å². The van der Waals surface area contributed by atoms with E-state index in [0.717, 1.165) is 36.1 Å². The molecule has 2 aromatic rings. The molecule has 0 unspecified atom stereocenters. The molecule has 1 atom stereocenters. The molecule has 1 aliphatic carbocycles. The highest BCUT2D eigenvalue weighted by Gasteiger charge is 2.27. The minimum atomic E-state index is -0.504. The van der Waals surface area contributed by atoms with Gasteiger partial charge in [-0.15, -0.1) is 11.8 Å². The first-order chi connectivity index (χ1) is 15.0. The Bertz CT molecular complexity index is 838. The van der Waals surface area contributed by atoms with E-state index in [9.17, 15) is 9.59 Å². The van der Waals surface area contributed by atoms with Crippen LogP contribution in [0.5, 0.6) is 0 Å². The molecule has 3 rings (SSSR count). The highest BCUT2D eigenvalue weighted by atomic mass is 35.5. The number of halogens is 1. The number of hydrogen-bond donors (Lipinski definition) is 1. The van der Waals surface area contributed by atoms with Crippen molar-refractivity contribution in [2.45, 2.75) is 69.0 Å². The zero-order valence-electron chi connectivity index (χ0n) is 18.1. The lowest BCUT2D eigenvalue weighted by Crippen LogP contribution is -2.50. The number of amides is 2. The second-order valence-corrected chi connectivity index (χ2v) is 9.68. The van der Waals surface area contributed by atoms with Gasteiger partial charge in [-0.2, -0.15) is 0 Å². The number of benzene rings is 2. The summed E-state index contributed by atoms with van der Waals surface area (Å²) in [6, 6.07) is 17.2. The normalized spacial score (nSPS) is 15.3. The van der Waals surface area contributed by atoms with Crippen molar-refractivity contribution in [2.24, 2.45) is 0 Å². The van der Waals surface area contributed by atoms with Gasteiger partial charge in [-0.3, -0.25) is 9.59 Å². The molecule has 166 valence electrons. The number of carbonyl (C=O) groups excluding carboxylic acids is 2. The third-order valence-electron chi connectivity index (χ3n) is 5.71. The summed E-state index contributed by atoms with van der Waals surface area (Å²) in [4.78, 5) is 28.9. The van der Waals surface area contributed by atoms with Gasteiger partial charge in [-0.05, 0) is 49.6 Å². The van der Waals surface area contributed by atoms with Crippen molar-refractivity contribution in [3.05, 3.63) is 65.2 Å². The molecule has 0 heterocycles. The van der Waals surface area contributed by atoms with Gasteiger partial charge in [0.2, 0.25) is 11.8 Å². The maximum absolute atomic E-state index is 13.1. The van der Waals surface area contributed by atoms with Gasteiger partial charge in [0.25, 0.3) is 0 Å². The first kappa shape index (κ1) is 23.7. The van der Waals surface area contributed by atoms with E-state index in [2.05, 4.69) is 5.32 Å². The molecular formula is C25H31ClN2O2S. The Kier molecular flexibility index (Phi) is 9.29. The fraction of sp³-hybridized carbons (Fsp3) is 0.440. The second-order valence-electron chi connectivity index (χ2n) is 8.08. The largest absolute Gasteiger partial charge is 0.352 e. The van der Waals surface area contributed by atoms with E-state index in [1.54, 1.807) is 16.7 Å². The van der Waals surface area contributed by atoms with Crippen LogP contribution in [0.25, 0.3) is 0 Å². The molecule has 1 fully saturated rings. The van der Waals surface area contributed by atoms with Gasteiger partial charge >= 0.3 is 0 Å². The van der Waals surface area contributed by atoms with Crippen LogP contribution in [0.2, 0.25) is 5.02 Å². The standard InChI is InChI=1S/C25H31ClN2O2S/c1-19(25(30)27-22-10-6-3-7-11-22)28(18-20-8-4-2-5-9-20)24(29)16-17-31-23-14-12-21(26)13-15-23/h2,4-5,8-9,12-15,19,22H,3,6-7,10-11,16-18H2,1H3,(H,27,30)/t19-/m0/s1. The monoisotopic (exact) mass is 458 g/mol. The number of nitrogens with one attached hydrogen (secondary N) is 1. The van der Waals surface area contributed by atoms with Crippen LogP contribution in [0.15, 0.2) is 59.5 Å². The first-order valence-corrected chi connectivity index (χ1v) is 12.4. The molecule has 0 aromatic heterocycles. The highest BCUT2D eigenvalue weighted by Crippen LogP contribution is 2.22. The van der Waals surface area contributed by atoms with Crippen molar-refractivity contribution in [3.63, 3.8) is 0 Å². The van der Waals surface area contributed by atoms with E-state index < -0.39 is 6.04 Å². The van der Waals surface area contributed by atoms with Crippen molar-refractivity contribution in [3.8, 4) is 0 Å². The summed E-state index contributed by atoms with van der Waals surface area (Å²) in [7, 11) is 0. The zero-order chi connectivity index (χ0) is 22.1. The molecule has 1 saturated carbocycles. The van der Waals surface area contributed by atoms with Gasteiger partial charge in [0.05, 0.1) is 0 Å². The van der Waals surface area contributed by atoms with E-state index in [1.165, 1.54) is 6.42 Å². The van der Waals surface area contributed by atoms with Gasteiger partial charge in [0.1, 0.15) is 6.04 Å². The fourth-order valence-corrected chi connectivity index (χ4v) is 4.83. The number of hydrogen-bond acceptors (Lipinski definition) is 3. The van der Waals surface area contributed by atoms with Crippen LogP contribution in [-0.4, -0.2) is 34.6 Å². The molecule has 2 aromatic carbocycles. The Morgan fingerprint density at radius 2 is 1.74 bits per heavy atom. The summed E-state index contributed by atoms with van der Waals surface area (Å²) < 4.78 is 0. The van der Waals surface area contributed by atoms with Gasteiger partial charge in [-0.25, -0.2) is 0 Å². The van der Waals surface area contributed by atoms with Gasteiger partial charge in [0, 0.05) is 34.7 Å². The number of rotatable bonds is 9.